The van der Waals surface area contributed by atoms with Crippen LogP contribution in [-0.4, -0.2) is 19.9 Å². The van der Waals surface area contributed by atoms with E-state index < -0.39 is 9.84 Å². The molecule has 0 aliphatic heterocycles. The molecule has 0 N–H and O–H groups in total. The lowest BCUT2D eigenvalue weighted by atomic mass is 10.4. The van der Waals surface area contributed by atoms with Gasteiger partial charge in [-0.1, -0.05) is 11.6 Å². The van der Waals surface area contributed by atoms with Crippen molar-refractivity contribution in [1.29, 1.82) is 0 Å². The summed E-state index contributed by atoms with van der Waals surface area (Å²) in [6.07, 6.45) is 0. The SMILES string of the molecule is O=S(=O)(CCS)c1ccc(Cl)cc1. The third-order valence-electron chi connectivity index (χ3n) is 1.53. The van der Waals surface area contributed by atoms with Crippen molar-refractivity contribution in [1.82, 2.24) is 0 Å². The van der Waals surface area contributed by atoms with Gasteiger partial charge in [0.2, 0.25) is 0 Å². The molecule has 0 aliphatic rings. The Hall–Kier alpha value is -0.190. The van der Waals surface area contributed by atoms with Gasteiger partial charge in [-0.05, 0) is 24.3 Å². The fourth-order valence-electron chi connectivity index (χ4n) is 0.880. The quantitative estimate of drug-likeness (QED) is 0.816. The van der Waals surface area contributed by atoms with Gasteiger partial charge >= 0.3 is 0 Å². The van der Waals surface area contributed by atoms with Crippen molar-refractivity contribution < 1.29 is 8.42 Å². The van der Waals surface area contributed by atoms with Crippen molar-refractivity contribution in [3.8, 4) is 0 Å². The molecule has 0 radical (unpaired) electrons. The summed E-state index contributed by atoms with van der Waals surface area (Å²) in [5.74, 6) is 0.378. The van der Waals surface area contributed by atoms with Crippen molar-refractivity contribution in [3.63, 3.8) is 0 Å². The maximum atomic E-state index is 11.5. The molecule has 0 amide bonds. The van der Waals surface area contributed by atoms with Crippen LogP contribution in [0.5, 0.6) is 0 Å². The van der Waals surface area contributed by atoms with Crippen LogP contribution >= 0.6 is 24.2 Å². The Bertz CT molecular complexity index is 370. The summed E-state index contributed by atoms with van der Waals surface area (Å²) in [7, 11) is -3.16. The van der Waals surface area contributed by atoms with Crippen LogP contribution < -0.4 is 0 Å². The number of hydrogen-bond acceptors (Lipinski definition) is 3. The Labute approximate surface area is 88.2 Å². The fraction of sp³-hybridized carbons (Fsp3) is 0.250. The first-order chi connectivity index (χ1) is 6.06. The van der Waals surface area contributed by atoms with Crippen molar-refractivity contribution >= 4 is 34.1 Å². The highest BCUT2D eigenvalue weighted by molar-refractivity contribution is 7.92. The molecule has 5 heteroatoms. The summed E-state index contributed by atoms with van der Waals surface area (Å²) in [4.78, 5) is 0.297. The van der Waals surface area contributed by atoms with Crippen molar-refractivity contribution in [3.05, 3.63) is 29.3 Å². The number of rotatable bonds is 3. The average molecular weight is 237 g/mol. The number of sulfone groups is 1. The smallest absolute Gasteiger partial charge is 0.179 e. The van der Waals surface area contributed by atoms with Crippen LogP contribution in [0.3, 0.4) is 0 Å². The standard InChI is InChI=1S/C8H9ClO2S2/c9-7-1-3-8(4-2-7)13(10,11)6-5-12/h1-4,12H,5-6H2. The molecule has 0 heterocycles. The van der Waals surface area contributed by atoms with Crippen LogP contribution in [0, 0.1) is 0 Å². The maximum Gasteiger partial charge on any atom is 0.179 e. The van der Waals surface area contributed by atoms with Crippen LogP contribution in [0.1, 0.15) is 0 Å². The first-order valence-corrected chi connectivity index (χ1v) is 6.32. The Morgan fingerprint density at radius 2 is 1.77 bits per heavy atom. The predicted octanol–water partition coefficient (Wildman–Crippen LogP) is 2.04. The molecule has 0 unspecified atom stereocenters. The van der Waals surface area contributed by atoms with E-state index in [4.69, 9.17) is 11.6 Å². The van der Waals surface area contributed by atoms with Crippen LogP contribution in [0.2, 0.25) is 5.02 Å². The lowest BCUT2D eigenvalue weighted by Crippen LogP contribution is -2.07. The minimum atomic E-state index is -3.16. The van der Waals surface area contributed by atoms with Crippen molar-refractivity contribution in [2.75, 3.05) is 11.5 Å². The molecule has 13 heavy (non-hydrogen) atoms. The normalized spacial score (nSPS) is 11.5. The van der Waals surface area contributed by atoms with Gasteiger partial charge in [-0.25, -0.2) is 8.42 Å². The van der Waals surface area contributed by atoms with Gasteiger partial charge in [0.05, 0.1) is 10.6 Å². The second kappa shape index (κ2) is 4.35. The van der Waals surface area contributed by atoms with Gasteiger partial charge in [0.1, 0.15) is 0 Å². The van der Waals surface area contributed by atoms with E-state index in [0.717, 1.165) is 0 Å². The Balaban J connectivity index is 3.02. The summed E-state index contributed by atoms with van der Waals surface area (Å²) < 4.78 is 22.9. The van der Waals surface area contributed by atoms with Crippen molar-refractivity contribution in [2.24, 2.45) is 0 Å². The van der Waals surface area contributed by atoms with Crippen LogP contribution in [0.4, 0.5) is 0 Å². The van der Waals surface area contributed by atoms with E-state index in [2.05, 4.69) is 12.6 Å². The largest absolute Gasteiger partial charge is 0.224 e. The highest BCUT2D eigenvalue weighted by atomic mass is 35.5. The van der Waals surface area contributed by atoms with E-state index in [0.29, 0.717) is 15.7 Å². The Kier molecular flexibility index (Phi) is 3.64. The molecule has 0 saturated carbocycles. The van der Waals surface area contributed by atoms with Crippen LogP contribution in [-0.2, 0) is 9.84 Å². The van der Waals surface area contributed by atoms with E-state index in [1.165, 1.54) is 12.1 Å². The van der Waals surface area contributed by atoms with E-state index in [-0.39, 0.29) is 5.75 Å². The summed E-state index contributed by atoms with van der Waals surface area (Å²) in [5, 5.41) is 0.532. The second-order valence-electron chi connectivity index (χ2n) is 2.50. The molecule has 0 spiro atoms. The van der Waals surface area contributed by atoms with E-state index in [1.54, 1.807) is 12.1 Å². The molecule has 0 aromatic heterocycles. The molecule has 1 aromatic carbocycles. The number of benzene rings is 1. The summed E-state index contributed by atoms with van der Waals surface area (Å²) in [6.45, 7) is 0. The maximum absolute atomic E-state index is 11.5. The highest BCUT2D eigenvalue weighted by Gasteiger charge is 2.12. The zero-order valence-electron chi connectivity index (χ0n) is 6.77. The summed E-state index contributed by atoms with van der Waals surface area (Å²) in [6, 6.07) is 6.13. The molecule has 72 valence electrons. The zero-order valence-corrected chi connectivity index (χ0v) is 9.24. The molecule has 0 saturated heterocycles. The molecule has 1 aromatic rings. The lowest BCUT2D eigenvalue weighted by molar-refractivity contribution is 0.597. The average Bonchev–Trinajstić information content (AvgIpc) is 2.05. The monoisotopic (exact) mass is 236 g/mol. The molecule has 1 rings (SSSR count). The first-order valence-electron chi connectivity index (χ1n) is 3.65. The third kappa shape index (κ3) is 2.90. The number of hydrogen-bond donors (Lipinski definition) is 1. The summed E-state index contributed by atoms with van der Waals surface area (Å²) >= 11 is 9.51. The van der Waals surface area contributed by atoms with Gasteiger partial charge in [-0.2, -0.15) is 12.6 Å². The number of halogens is 1. The number of thiol groups is 1. The lowest BCUT2D eigenvalue weighted by Gasteiger charge is -2.01. The molecule has 0 fully saturated rings. The molecule has 2 nitrogen and oxygen atoms in total. The van der Waals surface area contributed by atoms with Gasteiger partial charge in [0.25, 0.3) is 0 Å². The first kappa shape index (κ1) is 10.9. The topological polar surface area (TPSA) is 34.1 Å². The van der Waals surface area contributed by atoms with Gasteiger partial charge in [0, 0.05) is 10.8 Å². The molecule has 0 bridgehead atoms. The predicted molar refractivity (Wildman–Crippen MR) is 57.4 cm³/mol. The molecular weight excluding hydrogens is 228 g/mol. The Morgan fingerprint density at radius 1 is 1.23 bits per heavy atom. The van der Waals surface area contributed by atoms with Gasteiger partial charge < -0.3 is 0 Å². The third-order valence-corrected chi connectivity index (χ3v) is 4.04. The molecular formula is C8H9ClO2S2. The van der Waals surface area contributed by atoms with Crippen LogP contribution in [0.25, 0.3) is 0 Å². The highest BCUT2D eigenvalue weighted by Crippen LogP contribution is 2.15. The summed E-state index contributed by atoms with van der Waals surface area (Å²) in [5.41, 5.74) is 0. The molecule has 0 atom stereocenters. The van der Waals surface area contributed by atoms with Gasteiger partial charge in [-0.15, -0.1) is 0 Å². The van der Waals surface area contributed by atoms with Gasteiger partial charge in [-0.3, -0.25) is 0 Å². The fourth-order valence-corrected chi connectivity index (χ4v) is 2.75. The van der Waals surface area contributed by atoms with E-state index >= 15 is 0 Å². The van der Waals surface area contributed by atoms with Crippen LogP contribution in [0.15, 0.2) is 29.2 Å². The van der Waals surface area contributed by atoms with E-state index in [1.807, 2.05) is 0 Å². The molecule has 0 aliphatic carbocycles. The zero-order chi connectivity index (χ0) is 9.90. The minimum Gasteiger partial charge on any atom is -0.224 e. The van der Waals surface area contributed by atoms with Crippen molar-refractivity contribution in [2.45, 2.75) is 4.90 Å². The second-order valence-corrected chi connectivity index (χ2v) is 5.49. The van der Waals surface area contributed by atoms with E-state index in [9.17, 15) is 8.42 Å². The minimum absolute atomic E-state index is 0.0533. The van der Waals surface area contributed by atoms with Gasteiger partial charge in [0.15, 0.2) is 9.84 Å². The Morgan fingerprint density at radius 3 is 2.23 bits per heavy atom.